The van der Waals surface area contributed by atoms with Crippen LogP contribution in [0.1, 0.15) is 35.3 Å². The van der Waals surface area contributed by atoms with Gasteiger partial charge in [-0.25, -0.2) is 0 Å². The monoisotopic (exact) mass is 413 g/mol. The molecule has 0 radical (unpaired) electrons. The van der Waals surface area contributed by atoms with Crippen molar-refractivity contribution in [3.63, 3.8) is 0 Å². The number of rotatable bonds is 7. The average Bonchev–Trinajstić information content (AvgIpc) is 2.81. The molecule has 1 atom stereocenters. The summed E-state index contributed by atoms with van der Waals surface area (Å²) in [5, 5.41) is 4.25. The van der Waals surface area contributed by atoms with Gasteiger partial charge < -0.3 is 10.0 Å². The Kier molecular flexibility index (Phi) is 6.30. The van der Waals surface area contributed by atoms with Crippen molar-refractivity contribution in [2.24, 2.45) is 0 Å². The molecule has 0 saturated heterocycles. The standard InChI is InChI=1S/C25H23N3OS/c1-2-21(18-10-4-3-5-11-18)27-25(29)20-14-6-7-15-22(20)28-30-23-16-8-12-19-13-9-17-26-24(19)23/h3-17,21,28H,2H2,1H3,(H,27,29). The lowest BCUT2D eigenvalue weighted by Gasteiger charge is -2.19. The number of nitrogens with one attached hydrogen (secondary N) is 2. The molecule has 4 aromatic rings. The van der Waals surface area contributed by atoms with Gasteiger partial charge >= 0.3 is 0 Å². The van der Waals surface area contributed by atoms with E-state index >= 15 is 0 Å². The number of nitrogens with zero attached hydrogens (tertiary/aromatic N) is 1. The van der Waals surface area contributed by atoms with Crippen molar-refractivity contribution in [2.75, 3.05) is 4.72 Å². The molecule has 1 unspecified atom stereocenters. The van der Waals surface area contributed by atoms with Crippen LogP contribution >= 0.6 is 11.9 Å². The zero-order chi connectivity index (χ0) is 20.8. The highest BCUT2D eigenvalue weighted by Gasteiger charge is 2.17. The first kappa shape index (κ1) is 20.0. The SMILES string of the molecule is CCC(NC(=O)c1ccccc1NSc1cccc2cccnc12)c1ccccc1. The number of hydrogen-bond acceptors (Lipinski definition) is 4. The van der Waals surface area contributed by atoms with Crippen LogP contribution < -0.4 is 10.0 Å². The second-order valence-electron chi connectivity index (χ2n) is 6.93. The first-order chi connectivity index (χ1) is 14.8. The van der Waals surface area contributed by atoms with Crippen molar-refractivity contribution < 1.29 is 4.79 Å². The van der Waals surface area contributed by atoms with E-state index in [9.17, 15) is 4.79 Å². The number of benzene rings is 3. The van der Waals surface area contributed by atoms with Crippen molar-refractivity contribution in [1.29, 1.82) is 0 Å². The van der Waals surface area contributed by atoms with E-state index in [-0.39, 0.29) is 11.9 Å². The highest BCUT2D eigenvalue weighted by molar-refractivity contribution is 8.00. The second-order valence-corrected chi connectivity index (χ2v) is 7.77. The lowest BCUT2D eigenvalue weighted by atomic mass is 10.0. The van der Waals surface area contributed by atoms with Crippen molar-refractivity contribution in [3.8, 4) is 0 Å². The van der Waals surface area contributed by atoms with Crippen LogP contribution in [0.2, 0.25) is 0 Å². The number of aromatic nitrogens is 1. The van der Waals surface area contributed by atoms with Gasteiger partial charge in [0.15, 0.2) is 0 Å². The quantitative estimate of drug-likeness (QED) is 0.352. The summed E-state index contributed by atoms with van der Waals surface area (Å²) in [6.45, 7) is 2.07. The van der Waals surface area contributed by atoms with Crippen molar-refractivity contribution in [1.82, 2.24) is 10.3 Å². The number of carbonyl (C=O) groups is 1. The van der Waals surface area contributed by atoms with Crippen molar-refractivity contribution >= 4 is 34.4 Å². The highest BCUT2D eigenvalue weighted by Crippen LogP contribution is 2.29. The zero-order valence-corrected chi connectivity index (χ0v) is 17.5. The van der Waals surface area contributed by atoms with E-state index in [4.69, 9.17) is 0 Å². The smallest absolute Gasteiger partial charge is 0.253 e. The summed E-state index contributed by atoms with van der Waals surface area (Å²) in [6.07, 6.45) is 2.62. The molecular weight excluding hydrogens is 390 g/mol. The van der Waals surface area contributed by atoms with Crippen LogP contribution in [-0.4, -0.2) is 10.9 Å². The van der Waals surface area contributed by atoms with Crippen LogP contribution in [0.25, 0.3) is 10.9 Å². The molecule has 1 amide bonds. The van der Waals surface area contributed by atoms with Gasteiger partial charge in [0.2, 0.25) is 0 Å². The Balaban J connectivity index is 1.53. The van der Waals surface area contributed by atoms with E-state index in [0.717, 1.165) is 33.5 Å². The summed E-state index contributed by atoms with van der Waals surface area (Å²) >= 11 is 1.46. The minimum Gasteiger partial charge on any atom is -0.345 e. The molecule has 1 aromatic heterocycles. The third-order valence-electron chi connectivity index (χ3n) is 4.95. The summed E-state index contributed by atoms with van der Waals surface area (Å²) in [6, 6.07) is 27.7. The lowest BCUT2D eigenvalue weighted by molar-refractivity contribution is 0.0936. The van der Waals surface area contributed by atoms with Gasteiger partial charge in [-0.15, -0.1) is 0 Å². The van der Waals surface area contributed by atoms with E-state index in [2.05, 4.69) is 21.9 Å². The molecule has 0 bridgehead atoms. The third kappa shape index (κ3) is 4.47. The fourth-order valence-electron chi connectivity index (χ4n) is 3.38. The third-order valence-corrected chi connectivity index (χ3v) is 5.83. The van der Waals surface area contributed by atoms with E-state index in [1.807, 2.05) is 84.9 Å². The van der Waals surface area contributed by atoms with Gasteiger partial charge in [-0.2, -0.15) is 0 Å². The van der Waals surface area contributed by atoms with Crippen molar-refractivity contribution in [2.45, 2.75) is 24.3 Å². The maximum Gasteiger partial charge on any atom is 0.253 e. The number of carbonyl (C=O) groups excluding carboxylic acids is 1. The molecule has 30 heavy (non-hydrogen) atoms. The molecular formula is C25H23N3OS. The zero-order valence-electron chi connectivity index (χ0n) is 16.7. The first-order valence-electron chi connectivity index (χ1n) is 9.97. The van der Waals surface area contributed by atoms with E-state index in [1.54, 1.807) is 6.20 Å². The fourth-order valence-corrected chi connectivity index (χ4v) is 4.19. The Morgan fingerprint density at radius 1 is 0.933 bits per heavy atom. The van der Waals surface area contributed by atoms with Crippen LogP contribution in [-0.2, 0) is 0 Å². The molecule has 2 N–H and O–H groups in total. The maximum absolute atomic E-state index is 13.1. The molecule has 0 aliphatic heterocycles. The summed E-state index contributed by atoms with van der Waals surface area (Å²) < 4.78 is 3.35. The molecule has 0 spiro atoms. The molecule has 3 aromatic carbocycles. The average molecular weight is 414 g/mol. The maximum atomic E-state index is 13.1. The van der Waals surface area contributed by atoms with Crippen molar-refractivity contribution in [3.05, 3.63) is 102 Å². The first-order valence-corrected chi connectivity index (χ1v) is 10.8. The molecule has 0 aliphatic rings. The molecule has 4 rings (SSSR count). The predicted octanol–water partition coefficient (Wildman–Crippen LogP) is 6.24. The Morgan fingerprint density at radius 3 is 2.53 bits per heavy atom. The molecule has 0 aliphatic carbocycles. The Bertz CT molecular complexity index is 1140. The largest absolute Gasteiger partial charge is 0.345 e. The van der Waals surface area contributed by atoms with Crippen LogP contribution in [0, 0.1) is 0 Å². The van der Waals surface area contributed by atoms with E-state index < -0.39 is 0 Å². The second kappa shape index (κ2) is 9.46. The van der Waals surface area contributed by atoms with Gasteiger partial charge in [-0.3, -0.25) is 9.78 Å². The predicted molar refractivity (Wildman–Crippen MR) is 125 cm³/mol. The number of hydrogen-bond donors (Lipinski definition) is 2. The van der Waals surface area contributed by atoms with E-state index in [0.29, 0.717) is 5.56 Å². The molecule has 1 heterocycles. The summed E-state index contributed by atoms with van der Waals surface area (Å²) in [5.41, 5.74) is 3.44. The molecule has 4 nitrogen and oxygen atoms in total. The molecule has 5 heteroatoms. The normalized spacial score (nSPS) is 11.8. The number of para-hydroxylation sites is 2. The summed E-state index contributed by atoms with van der Waals surface area (Å²) in [5.74, 6) is -0.0922. The minimum atomic E-state index is -0.0922. The van der Waals surface area contributed by atoms with Gasteiger partial charge in [-0.05, 0) is 48.2 Å². The number of fused-ring (bicyclic) bond motifs is 1. The molecule has 0 saturated carbocycles. The molecule has 150 valence electrons. The van der Waals surface area contributed by atoms with Gasteiger partial charge in [0.1, 0.15) is 0 Å². The number of amides is 1. The van der Waals surface area contributed by atoms with Gasteiger partial charge in [0.05, 0.1) is 27.7 Å². The number of pyridine rings is 1. The van der Waals surface area contributed by atoms with Gasteiger partial charge in [-0.1, -0.05) is 67.6 Å². The summed E-state index contributed by atoms with van der Waals surface area (Å²) in [4.78, 5) is 18.6. The van der Waals surface area contributed by atoms with Gasteiger partial charge in [0.25, 0.3) is 5.91 Å². The van der Waals surface area contributed by atoms with Gasteiger partial charge in [0, 0.05) is 11.6 Å². The Morgan fingerprint density at radius 2 is 1.70 bits per heavy atom. The van der Waals surface area contributed by atoms with Crippen LogP contribution in [0.4, 0.5) is 5.69 Å². The topological polar surface area (TPSA) is 54.0 Å². The Hall–Kier alpha value is -3.31. The van der Waals surface area contributed by atoms with Crippen LogP contribution in [0.15, 0.2) is 96.0 Å². The minimum absolute atomic E-state index is 0.0262. The van der Waals surface area contributed by atoms with Crippen LogP contribution in [0.5, 0.6) is 0 Å². The number of anilines is 1. The van der Waals surface area contributed by atoms with E-state index in [1.165, 1.54) is 11.9 Å². The fraction of sp³-hybridized carbons (Fsp3) is 0.120. The lowest BCUT2D eigenvalue weighted by Crippen LogP contribution is -2.28. The molecule has 0 fully saturated rings. The van der Waals surface area contributed by atoms with Crippen LogP contribution in [0.3, 0.4) is 0 Å². The summed E-state index contributed by atoms with van der Waals surface area (Å²) in [7, 11) is 0. The highest BCUT2D eigenvalue weighted by atomic mass is 32.2. The Labute approximate surface area is 180 Å².